The molecule has 26 heavy (non-hydrogen) atoms. The quantitative estimate of drug-likeness (QED) is 0.817. The monoisotopic (exact) mass is 363 g/mol. The van der Waals surface area contributed by atoms with Crippen molar-refractivity contribution in [2.24, 2.45) is 11.8 Å². The van der Waals surface area contributed by atoms with Gasteiger partial charge in [0.2, 0.25) is 11.8 Å². The molecule has 1 aromatic carbocycles. The largest absolute Gasteiger partial charge is 0.342 e. The summed E-state index contributed by atoms with van der Waals surface area (Å²) >= 11 is 0. The standard InChI is InChI=1S/C20H30FN3O2/c1-13(2)20(26)24-11-9-17(14(3)12-24)22-10-8-19(25)23-18-7-5-6-16(21)15(18)4/h5-7,13-14,17,22H,8-12H2,1-4H3,(H,23,25). The highest BCUT2D eigenvalue weighted by Gasteiger charge is 2.29. The Morgan fingerprint density at radius 1 is 1.35 bits per heavy atom. The van der Waals surface area contributed by atoms with Crippen molar-refractivity contribution in [3.05, 3.63) is 29.6 Å². The molecule has 0 radical (unpaired) electrons. The van der Waals surface area contributed by atoms with E-state index in [4.69, 9.17) is 0 Å². The van der Waals surface area contributed by atoms with Crippen LogP contribution in [0.4, 0.5) is 10.1 Å². The van der Waals surface area contributed by atoms with E-state index in [1.165, 1.54) is 6.07 Å². The van der Waals surface area contributed by atoms with Crippen molar-refractivity contribution >= 4 is 17.5 Å². The molecule has 2 amide bonds. The van der Waals surface area contributed by atoms with Gasteiger partial charge in [0.15, 0.2) is 0 Å². The van der Waals surface area contributed by atoms with Crippen molar-refractivity contribution in [2.45, 2.75) is 46.6 Å². The Morgan fingerprint density at radius 3 is 2.73 bits per heavy atom. The Labute approximate surface area is 155 Å². The third-order valence-corrected chi connectivity index (χ3v) is 5.01. The molecule has 0 saturated carbocycles. The smallest absolute Gasteiger partial charge is 0.225 e. The number of hydrogen-bond donors (Lipinski definition) is 2. The molecule has 0 bridgehead atoms. The second kappa shape index (κ2) is 9.12. The van der Waals surface area contributed by atoms with Crippen molar-refractivity contribution in [1.29, 1.82) is 0 Å². The van der Waals surface area contributed by atoms with Gasteiger partial charge in [-0.15, -0.1) is 0 Å². The topological polar surface area (TPSA) is 61.4 Å². The Kier molecular flexibility index (Phi) is 7.14. The van der Waals surface area contributed by atoms with Crippen LogP contribution in [0.5, 0.6) is 0 Å². The van der Waals surface area contributed by atoms with Gasteiger partial charge in [-0.3, -0.25) is 9.59 Å². The molecule has 1 heterocycles. The van der Waals surface area contributed by atoms with Gasteiger partial charge < -0.3 is 15.5 Å². The lowest BCUT2D eigenvalue weighted by Gasteiger charge is -2.38. The van der Waals surface area contributed by atoms with Crippen molar-refractivity contribution < 1.29 is 14.0 Å². The molecule has 2 atom stereocenters. The van der Waals surface area contributed by atoms with E-state index in [2.05, 4.69) is 17.6 Å². The maximum Gasteiger partial charge on any atom is 0.225 e. The molecule has 1 fully saturated rings. The summed E-state index contributed by atoms with van der Waals surface area (Å²) in [5, 5.41) is 6.19. The number of likely N-dealkylation sites (tertiary alicyclic amines) is 1. The average molecular weight is 363 g/mol. The number of piperidine rings is 1. The van der Waals surface area contributed by atoms with Gasteiger partial charge >= 0.3 is 0 Å². The van der Waals surface area contributed by atoms with Gasteiger partial charge in [-0.2, -0.15) is 0 Å². The van der Waals surface area contributed by atoms with Crippen LogP contribution >= 0.6 is 0 Å². The Balaban J connectivity index is 1.75. The fourth-order valence-corrected chi connectivity index (χ4v) is 3.34. The van der Waals surface area contributed by atoms with Gasteiger partial charge in [-0.1, -0.05) is 26.8 Å². The highest BCUT2D eigenvalue weighted by atomic mass is 19.1. The van der Waals surface area contributed by atoms with Gasteiger partial charge in [-0.25, -0.2) is 4.39 Å². The van der Waals surface area contributed by atoms with E-state index in [0.717, 1.165) is 19.5 Å². The van der Waals surface area contributed by atoms with Gasteiger partial charge in [0.1, 0.15) is 5.82 Å². The van der Waals surface area contributed by atoms with Crippen molar-refractivity contribution in [1.82, 2.24) is 10.2 Å². The van der Waals surface area contributed by atoms with Crippen molar-refractivity contribution in [3.8, 4) is 0 Å². The zero-order valence-corrected chi connectivity index (χ0v) is 16.1. The van der Waals surface area contributed by atoms with E-state index in [-0.39, 0.29) is 23.5 Å². The minimum Gasteiger partial charge on any atom is -0.342 e. The second-order valence-corrected chi connectivity index (χ2v) is 7.48. The first kappa shape index (κ1) is 20.4. The fraction of sp³-hybridized carbons (Fsp3) is 0.600. The van der Waals surface area contributed by atoms with E-state index in [0.29, 0.717) is 36.2 Å². The molecule has 6 heteroatoms. The van der Waals surface area contributed by atoms with Crippen LogP contribution in [0.15, 0.2) is 18.2 Å². The van der Waals surface area contributed by atoms with E-state index in [9.17, 15) is 14.0 Å². The molecular weight excluding hydrogens is 333 g/mol. The molecule has 1 aromatic rings. The number of carbonyl (C=O) groups excluding carboxylic acids is 2. The minimum atomic E-state index is -0.322. The molecule has 144 valence electrons. The maximum atomic E-state index is 13.5. The maximum absolute atomic E-state index is 13.5. The van der Waals surface area contributed by atoms with E-state index in [1.54, 1.807) is 19.1 Å². The molecule has 2 rings (SSSR count). The SMILES string of the molecule is Cc1c(F)cccc1NC(=O)CCNC1CCN(C(=O)C(C)C)CC1C. The van der Waals surface area contributed by atoms with Gasteiger partial charge in [0.25, 0.3) is 0 Å². The Morgan fingerprint density at radius 2 is 2.08 bits per heavy atom. The summed E-state index contributed by atoms with van der Waals surface area (Å²) < 4.78 is 13.5. The summed E-state index contributed by atoms with van der Waals surface area (Å²) in [4.78, 5) is 26.1. The minimum absolute atomic E-state index is 0.0293. The lowest BCUT2D eigenvalue weighted by Crippen LogP contribution is -2.51. The summed E-state index contributed by atoms with van der Waals surface area (Å²) in [7, 11) is 0. The first-order valence-corrected chi connectivity index (χ1v) is 9.36. The van der Waals surface area contributed by atoms with Crippen LogP contribution in [0.2, 0.25) is 0 Å². The van der Waals surface area contributed by atoms with Crippen LogP contribution in [0.25, 0.3) is 0 Å². The van der Waals surface area contributed by atoms with Crippen molar-refractivity contribution in [3.63, 3.8) is 0 Å². The predicted molar refractivity (Wildman–Crippen MR) is 101 cm³/mol. The van der Waals surface area contributed by atoms with Gasteiger partial charge in [0.05, 0.1) is 0 Å². The third kappa shape index (κ3) is 5.27. The van der Waals surface area contributed by atoms with Crippen LogP contribution in [0.1, 0.15) is 39.2 Å². The Bertz CT molecular complexity index is 648. The molecule has 0 aliphatic carbocycles. The van der Waals surface area contributed by atoms with Crippen LogP contribution < -0.4 is 10.6 Å². The van der Waals surface area contributed by atoms with Gasteiger partial charge in [-0.05, 0) is 31.4 Å². The Hall–Kier alpha value is -1.95. The first-order chi connectivity index (χ1) is 12.3. The summed E-state index contributed by atoms with van der Waals surface area (Å²) in [5.74, 6) is 0.130. The van der Waals surface area contributed by atoms with E-state index < -0.39 is 0 Å². The number of carbonyl (C=O) groups is 2. The molecule has 0 spiro atoms. The second-order valence-electron chi connectivity index (χ2n) is 7.48. The average Bonchev–Trinajstić information content (AvgIpc) is 2.59. The number of nitrogens with one attached hydrogen (secondary N) is 2. The highest BCUT2D eigenvalue weighted by molar-refractivity contribution is 5.91. The number of hydrogen-bond acceptors (Lipinski definition) is 3. The molecule has 2 N–H and O–H groups in total. The summed E-state index contributed by atoms with van der Waals surface area (Å²) in [5.41, 5.74) is 0.966. The first-order valence-electron chi connectivity index (χ1n) is 9.36. The summed E-state index contributed by atoms with van der Waals surface area (Å²) in [6.07, 6.45) is 1.22. The fourth-order valence-electron chi connectivity index (χ4n) is 3.34. The van der Waals surface area contributed by atoms with E-state index >= 15 is 0 Å². The van der Waals surface area contributed by atoms with Crippen molar-refractivity contribution in [2.75, 3.05) is 25.0 Å². The molecule has 1 saturated heterocycles. The normalized spacial score (nSPS) is 20.3. The number of rotatable bonds is 6. The predicted octanol–water partition coefficient (Wildman–Crippen LogP) is 2.95. The molecule has 5 nitrogen and oxygen atoms in total. The zero-order valence-electron chi connectivity index (χ0n) is 16.1. The number of amides is 2. The zero-order chi connectivity index (χ0) is 19.3. The third-order valence-electron chi connectivity index (χ3n) is 5.01. The number of benzene rings is 1. The van der Waals surface area contributed by atoms with Gasteiger partial charge in [0, 0.05) is 49.3 Å². The number of nitrogens with zero attached hydrogens (tertiary/aromatic N) is 1. The number of halogens is 1. The summed E-state index contributed by atoms with van der Waals surface area (Å²) in [6.45, 7) is 9.71. The summed E-state index contributed by atoms with van der Waals surface area (Å²) in [6, 6.07) is 4.97. The van der Waals surface area contributed by atoms with Crippen LogP contribution in [0.3, 0.4) is 0 Å². The highest BCUT2D eigenvalue weighted by Crippen LogP contribution is 2.19. The molecule has 2 unspecified atom stereocenters. The van der Waals surface area contributed by atoms with E-state index in [1.807, 2.05) is 18.7 Å². The van der Waals surface area contributed by atoms with Crippen LogP contribution in [0, 0.1) is 24.6 Å². The number of anilines is 1. The van der Waals surface area contributed by atoms with Crippen LogP contribution in [-0.2, 0) is 9.59 Å². The lowest BCUT2D eigenvalue weighted by molar-refractivity contribution is -0.136. The van der Waals surface area contributed by atoms with Crippen LogP contribution in [-0.4, -0.2) is 42.4 Å². The molecule has 0 aromatic heterocycles. The lowest BCUT2D eigenvalue weighted by atomic mass is 9.93. The molecular formula is C20H30FN3O2. The molecule has 1 aliphatic heterocycles. The molecule has 1 aliphatic rings.